The summed E-state index contributed by atoms with van der Waals surface area (Å²) in [7, 11) is 0. The number of hydrogen-bond acceptors (Lipinski definition) is 4. The van der Waals surface area contributed by atoms with Gasteiger partial charge in [-0.3, -0.25) is 14.9 Å². The molecule has 5 heteroatoms. The molecule has 0 spiro atoms. The molecule has 2 N–H and O–H groups in total. The lowest BCUT2D eigenvalue weighted by molar-refractivity contribution is -0.114. The van der Waals surface area contributed by atoms with Gasteiger partial charge in [0.1, 0.15) is 0 Å². The minimum absolute atomic E-state index is 0.341. The molecule has 5 rings (SSSR count). The summed E-state index contributed by atoms with van der Waals surface area (Å²) in [5.41, 5.74) is 7.21. The van der Waals surface area contributed by atoms with E-state index in [9.17, 15) is 9.59 Å². The molecule has 0 atom stereocenters. The first kappa shape index (κ1) is 21.9. The van der Waals surface area contributed by atoms with E-state index in [-0.39, 0.29) is 0 Å². The third kappa shape index (κ3) is 4.59. The maximum Gasteiger partial charge on any atom is 0.260 e. The van der Waals surface area contributed by atoms with Gasteiger partial charge in [0.25, 0.3) is 11.8 Å². The van der Waals surface area contributed by atoms with Crippen LogP contribution in [0.15, 0.2) is 103 Å². The highest BCUT2D eigenvalue weighted by molar-refractivity contribution is 6.31. The predicted octanol–water partition coefficient (Wildman–Crippen LogP) is 5.81. The number of fused-ring (bicyclic) bond motifs is 1. The van der Waals surface area contributed by atoms with Gasteiger partial charge in [-0.25, -0.2) is 0 Å². The number of nitriles is 1. The Bertz CT molecular complexity index is 1500. The van der Waals surface area contributed by atoms with Crippen LogP contribution in [0.2, 0.25) is 0 Å². The van der Waals surface area contributed by atoms with Crippen LogP contribution in [0.1, 0.15) is 21.5 Å². The summed E-state index contributed by atoms with van der Waals surface area (Å²) in [6.07, 6.45) is 1.96. The number of imide groups is 1. The van der Waals surface area contributed by atoms with E-state index in [1.807, 2.05) is 66.7 Å². The number of nitrogens with zero attached hydrogens (tertiary/aromatic N) is 1. The van der Waals surface area contributed by atoms with Crippen LogP contribution in [0, 0.1) is 11.3 Å². The Morgan fingerprint density at radius 2 is 1.40 bits per heavy atom. The molecule has 4 aromatic rings. The number of carbonyl (C=O) groups is 2. The highest BCUT2D eigenvalue weighted by atomic mass is 16.2. The van der Waals surface area contributed by atoms with Gasteiger partial charge < -0.3 is 5.32 Å². The van der Waals surface area contributed by atoms with Crippen LogP contribution in [0.5, 0.6) is 0 Å². The smallest absolute Gasteiger partial charge is 0.260 e. The molecule has 0 fully saturated rings. The molecule has 35 heavy (non-hydrogen) atoms. The van der Waals surface area contributed by atoms with Gasteiger partial charge in [-0.15, -0.1) is 0 Å². The number of anilines is 1. The number of nitrogens with one attached hydrogen (secondary N) is 2. The van der Waals surface area contributed by atoms with Gasteiger partial charge in [0.05, 0.1) is 18.1 Å². The highest BCUT2D eigenvalue weighted by Gasteiger charge is 2.27. The number of benzene rings is 4. The topological polar surface area (TPSA) is 82.0 Å². The normalized spacial score (nSPS) is 13.6. The van der Waals surface area contributed by atoms with Crippen molar-refractivity contribution in [2.75, 3.05) is 5.32 Å². The lowest BCUT2D eigenvalue weighted by Gasteiger charge is -2.20. The van der Waals surface area contributed by atoms with E-state index in [1.54, 1.807) is 12.3 Å². The van der Waals surface area contributed by atoms with Crippen molar-refractivity contribution in [2.24, 2.45) is 0 Å². The van der Waals surface area contributed by atoms with Gasteiger partial charge in [-0.05, 0) is 58.1 Å². The molecule has 0 saturated heterocycles. The quantitative estimate of drug-likeness (QED) is 0.294. The average Bonchev–Trinajstić information content (AvgIpc) is 2.90. The fraction of sp³-hybridized carbons (Fsp3) is 0.0333. The van der Waals surface area contributed by atoms with Crippen molar-refractivity contribution in [2.45, 2.75) is 6.42 Å². The molecule has 5 nitrogen and oxygen atoms in total. The van der Waals surface area contributed by atoms with Crippen LogP contribution < -0.4 is 10.6 Å². The van der Waals surface area contributed by atoms with Crippen LogP contribution in [-0.2, 0) is 11.2 Å². The van der Waals surface area contributed by atoms with Crippen molar-refractivity contribution < 1.29 is 9.59 Å². The first-order valence-corrected chi connectivity index (χ1v) is 11.2. The molecule has 0 aliphatic carbocycles. The highest BCUT2D eigenvalue weighted by Crippen LogP contribution is 2.32. The summed E-state index contributed by atoms with van der Waals surface area (Å²) in [4.78, 5) is 25.2. The van der Waals surface area contributed by atoms with Gasteiger partial charge in [-0.2, -0.15) is 5.26 Å². The number of carbonyl (C=O) groups excluding carboxylic acids is 2. The van der Waals surface area contributed by atoms with Crippen molar-refractivity contribution >= 4 is 23.1 Å². The van der Waals surface area contributed by atoms with Crippen molar-refractivity contribution in [3.05, 3.63) is 120 Å². The van der Waals surface area contributed by atoms with E-state index in [2.05, 4.69) is 41.0 Å². The van der Waals surface area contributed by atoms with E-state index in [4.69, 9.17) is 5.26 Å². The Labute approximate surface area is 203 Å². The van der Waals surface area contributed by atoms with E-state index in [0.717, 1.165) is 33.5 Å². The summed E-state index contributed by atoms with van der Waals surface area (Å²) in [5, 5.41) is 14.4. The zero-order valence-electron chi connectivity index (χ0n) is 18.8. The SMILES string of the molecule is N#CCc1ccc(N/C=C2\C(=O)NC(=O)c3ccc(-c4cccc(-c5ccccc5)c4)cc32)cc1. The third-order valence-corrected chi connectivity index (χ3v) is 5.95. The third-order valence-electron chi connectivity index (χ3n) is 5.95. The Hall–Kier alpha value is -4.95. The molecule has 168 valence electrons. The van der Waals surface area contributed by atoms with Gasteiger partial charge in [0, 0.05) is 23.0 Å². The van der Waals surface area contributed by atoms with Crippen molar-refractivity contribution in [1.29, 1.82) is 5.26 Å². The van der Waals surface area contributed by atoms with Crippen LogP contribution in [0.3, 0.4) is 0 Å². The second-order valence-electron chi connectivity index (χ2n) is 8.22. The fourth-order valence-corrected chi connectivity index (χ4v) is 4.12. The molecule has 0 aromatic heterocycles. The Kier molecular flexibility index (Phi) is 5.94. The second-order valence-corrected chi connectivity index (χ2v) is 8.22. The van der Waals surface area contributed by atoms with Crippen LogP contribution in [0.4, 0.5) is 5.69 Å². The van der Waals surface area contributed by atoms with Crippen molar-refractivity contribution in [1.82, 2.24) is 5.32 Å². The summed E-state index contributed by atoms with van der Waals surface area (Å²) in [6, 6.07) is 33.4. The maximum absolute atomic E-state index is 12.7. The summed E-state index contributed by atoms with van der Waals surface area (Å²) >= 11 is 0. The first-order chi connectivity index (χ1) is 17.1. The zero-order chi connectivity index (χ0) is 24.2. The predicted molar refractivity (Wildman–Crippen MR) is 137 cm³/mol. The molecular formula is C30H21N3O2. The van der Waals surface area contributed by atoms with E-state index < -0.39 is 11.8 Å². The maximum atomic E-state index is 12.7. The second kappa shape index (κ2) is 9.50. The van der Waals surface area contributed by atoms with Crippen LogP contribution >= 0.6 is 0 Å². The van der Waals surface area contributed by atoms with E-state index in [1.165, 1.54) is 0 Å². The molecule has 0 radical (unpaired) electrons. The first-order valence-electron chi connectivity index (χ1n) is 11.2. The van der Waals surface area contributed by atoms with Crippen LogP contribution in [-0.4, -0.2) is 11.8 Å². The van der Waals surface area contributed by atoms with Gasteiger partial charge >= 0.3 is 0 Å². The van der Waals surface area contributed by atoms with E-state index in [0.29, 0.717) is 23.1 Å². The van der Waals surface area contributed by atoms with E-state index >= 15 is 0 Å². The number of amides is 2. The molecule has 1 aliphatic heterocycles. The molecule has 0 saturated carbocycles. The molecule has 0 unspecified atom stereocenters. The van der Waals surface area contributed by atoms with Gasteiger partial charge in [0.15, 0.2) is 0 Å². The molecule has 1 heterocycles. The minimum atomic E-state index is -0.453. The Balaban J connectivity index is 1.50. The molecular weight excluding hydrogens is 434 g/mol. The average molecular weight is 456 g/mol. The van der Waals surface area contributed by atoms with Gasteiger partial charge in [-0.1, -0.05) is 66.7 Å². The standard InChI is InChI=1S/C30H21N3O2/c31-16-15-20-9-12-25(13-10-20)32-19-28-27-18-24(11-14-26(27)29(34)33-30(28)35)23-8-4-7-22(17-23)21-5-2-1-3-6-21/h1-14,17-19,32H,15H2,(H,33,34,35)/b28-19-. The van der Waals surface area contributed by atoms with Crippen LogP contribution in [0.25, 0.3) is 27.8 Å². The number of rotatable bonds is 5. The molecule has 0 bridgehead atoms. The largest absolute Gasteiger partial charge is 0.361 e. The summed E-state index contributed by atoms with van der Waals surface area (Å²) in [5.74, 6) is -0.862. The monoisotopic (exact) mass is 455 g/mol. The number of hydrogen-bond donors (Lipinski definition) is 2. The Morgan fingerprint density at radius 1 is 0.714 bits per heavy atom. The minimum Gasteiger partial charge on any atom is -0.361 e. The lowest BCUT2D eigenvalue weighted by atomic mass is 9.91. The molecule has 2 amide bonds. The summed E-state index contributed by atoms with van der Waals surface area (Å²) in [6.45, 7) is 0. The summed E-state index contributed by atoms with van der Waals surface area (Å²) < 4.78 is 0. The molecule has 4 aromatic carbocycles. The van der Waals surface area contributed by atoms with Crippen molar-refractivity contribution in [3.63, 3.8) is 0 Å². The zero-order valence-corrected chi connectivity index (χ0v) is 18.8. The molecule has 1 aliphatic rings. The fourth-order valence-electron chi connectivity index (χ4n) is 4.12. The van der Waals surface area contributed by atoms with Gasteiger partial charge in [0.2, 0.25) is 0 Å². The van der Waals surface area contributed by atoms with Crippen molar-refractivity contribution in [3.8, 4) is 28.3 Å². The Morgan fingerprint density at radius 3 is 2.14 bits per heavy atom. The lowest BCUT2D eigenvalue weighted by Crippen LogP contribution is -2.36.